The summed E-state index contributed by atoms with van der Waals surface area (Å²) >= 11 is 0. The summed E-state index contributed by atoms with van der Waals surface area (Å²) in [5.74, 6) is -0.391. The number of nitrogens with one attached hydrogen (secondary N) is 2. The minimum atomic E-state index is -0.934. The molecule has 0 spiro atoms. The van der Waals surface area contributed by atoms with Gasteiger partial charge in [0, 0.05) is 26.2 Å². The Bertz CT molecular complexity index is 250. The molecule has 106 valence electrons. The molecule has 0 aromatic rings. The number of rotatable bonds is 8. The third-order valence-corrected chi connectivity index (χ3v) is 2.08. The van der Waals surface area contributed by atoms with Crippen LogP contribution < -0.4 is 10.6 Å². The van der Waals surface area contributed by atoms with Crippen molar-refractivity contribution in [3.63, 3.8) is 0 Å². The number of nitrogens with zero attached hydrogens (tertiary/aromatic N) is 3. The van der Waals surface area contributed by atoms with Crippen LogP contribution in [0.2, 0.25) is 0 Å². The summed E-state index contributed by atoms with van der Waals surface area (Å²) in [6.07, 6.45) is 0. The second-order valence-electron chi connectivity index (χ2n) is 4.52. The molecule has 3 N–H and O–H groups in total. The van der Waals surface area contributed by atoms with Gasteiger partial charge >= 0.3 is 5.97 Å². The van der Waals surface area contributed by atoms with E-state index < -0.39 is 5.97 Å². The third-order valence-electron chi connectivity index (χ3n) is 2.08. The van der Waals surface area contributed by atoms with Crippen LogP contribution in [0.5, 0.6) is 0 Å². The van der Waals surface area contributed by atoms with Gasteiger partial charge in [-0.1, -0.05) is 0 Å². The molecular weight excluding hydrogens is 234 g/mol. The molecule has 0 aliphatic heterocycles. The number of guanidine groups is 1. The minimum Gasteiger partial charge on any atom is -0.480 e. The molecule has 0 aromatic heterocycles. The first-order chi connectivity index (χ1) is 8.41. The van der Waals surface area contributed by atoms with E-state index >= 15 is 0 Å². The average molecular weight is 259 g/mol. The van der Waals surface area contributed by atoms with E-state index in [9.17, 15) is 4.79 Å². The Kier molecular flexibility index (Phi) is 8.95. The molecule has 0 fully saturated rings. The van der Waals surface area contributed by atoms with E-state index in [4.69, 9.17) is 5.11 Å². The first kappa shape index (κ1) is 16.7. The Labute approximate surface area is 109 Å². The average Bonchev–Trinajstić information content (AvgIpc) is 2.24. The number of carboxylic acid groups (broad SMARTS) is 1. The van der Waals surface area contributed by atoms with Crippen molar-refractivity contribution < 1.29 is 9.90 Å². The number of carboxylic acids is 1. The lowest BCUT2D eigenvalue weighted by Gasteiger charge is -2.16. The number of hydrogen-bond donors (Lipinski definition) is 3. The van der Waals surface area contributed by atoms with Gasteiger partial charge in [-0.3, -0.25) is 4.79 Å². The fourth-order valence-electron chi connectivity index (χ4n) is 1.12. The fraction of sp³-hybridized carbons (Fsp3) is 0.818. The highest BCUT2D eigenvalue weighted by molar-refractivity contribution is 5.82. The SMILES string of the molecule is CN(C)CCNC(=NCC(=O)O)NCCN(C)C. The quantitative estimate of drug-likeness (QED) is 0.372. The molecule has 0 atom stereocenters. The van der Waals surface area contributed by atoms with Gasteiger partial charge in [0.15, 0.2) is 5.96 Å². The molecule has 0 aromatic carbocycles. The van der Waals surface area contributed by atoms with Crippen molar-refractivity contribution >= 4 is 11.9 Å². The van der Waals surface area contributed by atoms with Crippen molar-refractivity contribution in [3.8, 4) is 0 Å². The smallest absolute Gasteiger partial charge is 0.325 e. The van der Waals surface area contributed by atoms with E-state index in [1.54, 1.807) is 0 Å². The van der Waals surface area contributed by atoms with Gasteiger partial charge in [-0.25, -0.2) is 4.99 Å². The maximum absolute atomic E-state index is 10.5. The minimum absolute atomic E-state index is 0.223. The largest absolute Gasteiger partial charge is 0.480 e. The van der Waals surface area contributed by atoms with E-state index in [-0.39, 0.29) is 6.54 Å². The third kappa shape index (κ3) is 11.2. The lowest BCUT2D eigenvalue weighted by atomic mass is 10.5. The van der Waals surface area contributed by atoms with Crippen molar-refractivity contribution in [3.05, 3.63) is 0 Å². The van der Waals surface area contributed by atoms with Crippen molar-refractivity contribution in [2.75, 3.05) is 60.9 Å². The van der Waals surface area contributed by atoms with Crippen molar-refractivity contribution in [2.24, 2.45) is 4.99 Å². The molecule has 0 radical (unpaired) electrons. The maximum atomic E-state index is 10.5. The van der Waals surface area contributed by atoms with E-state index in [2.05, 4.69) is 15.6 Å². The topological polar surface area (TPSA) is 80.2 Å². The molecule has 0 saturated carbocycles. The van der Waals surface area contributed by atoms with Crippen LogP contribution in [0.1, 0.15) is 0 Å². The molecule has 0 heterocycles. The number of aliphatic carboxylic acids is 1. The second-order valence-corrected chi connectivity index (χ2v) is 4.52. The van der Waals surface area contributed by atoms with Gasteiger partial charge in [0.05, 0.1) is 0 Å². The van der Waals surface area contributed by atoms with Crippen molar-refractivity contribution in [2.45, 2.75) is 0 Å². The summed E-state index contributed by atoms with van der Waals surface area (Å²) in [5.41, 5.74) is 0. The Balaban J connectivity index is 4.07. The van der Waals surface area contributed by atoms with E-state index in [0.29, 0.717) is 5.96 Å². The highest BCUT2D eigenvalue weighted by Gasteiger charge is 2.01. The summed E-state index contributed by atoms with van der Waals surface area (Å²) in [6, 6.07) is 0. The van der Waals surface area contributed by atoms with Gasteiger partial charge in [-0.15, -0.1) is 0 Å². The molecular formula is C11H25N5O2. The highest BCUT2D eigenvalue weighted by Crippen LogP contribution is 1.78. The van der Waals surface area contributed by atoms with Gasteiger partial charge in [0.2, 0.25) is 0 Å². The molecule has 0 unspecified atom stereocenters. The standard InChI is InChI=1S/C11H25N5O2/c1-15(2)7-5-12-11(14-9-10(17)18)13-6-8-16(3)4/h5-9H2,1-4H3,(H,17,18)(H2,12,13,14). The van der Waals surface area contributed by atoms with Crippen LogP contribution in [-0.4, -0.2) is 87.7 Å². The molecule has 0 saturated heterocycles. The molecule has 7 nitrogen and oxygen atoms in total. The van der Waals surface area contributed by atoms with Crippen LogP contribution in [0.3, 0.4) is 0 Å². The van der Waals surface area contributed by atoms with E-state index in [1.807, 2.05) is 38.0 Å². The number of likely N-dealkylation sites (N-methyl/N-ethyl adjacent to an activating group) is 2. The molecule has 0 aliphatic carbocycles. The monoisotopic (exact) mass is 259 g/mol. The summed E-state index contributed by atoms with van der Waals surface area (Å²) in [6.45, 7) is 2.95. The first-order valence-electron chi connectivity index (χ1n) is 5.95. The number of hydrogen-bond acceptors (Lipinski definition) is 4. The Hall–Kier alpha value is -1.34. The molecule has 0 amide bonds. The van der Waals surface area contributed by atoms with Crippen LogP contribution in [0.15, 0.2) is 4.99 Å². The summed E-state index contributed by atoms with van der Waals surface area (Å²) < 4.78 is 0. The van der Waals surface area contributed by atoms with Gasteiger partial charge in [0.1, 0.15) is 6.54 Å². The van der Waals surface area contributed by atoms with Crippen LogP contribution in [0.4, 0.5) is 0 Å². The number of carbonyl (C=O) groups is 1. The lowest BCUT2D eigenvalue weighted by Crippen LogP contribution is -2.43. The second kappa shape index (κ2) is 9.67. The first-order valence-corrected chi connectivity index (χ1v) is 5.95. The normalized spacial score (nSPS) is 10.6. The zero-order chi connectivity index (χ0) is 14.0. The van der Waals surface area contributed by atoms with Gasteiger partial charge in [-0.05, 0) is 28.2 Å². The van der Waals surface area contributed by atoms with Crippen LogP contribution in [0.25, 0.3) is 0 Å². The van der Waals surface area contributed by atoms with Crippen LogP contribution >= 0.6 is 0 Å². The Morgan fingerprint density at radius 2 is 1.50 bits per heavy atom. The van der Waals surface area contributed by atoms with Crippen LogP contribution in [0, 0.1) is 0 Å². The zero-order valence-corrected chi connectivity index (χ0v) is 11.7. The molecule has 0 bridgehead atoms. The van der Waals surface area contributed by atoms with Gasteiger partial charge < -0.3 is 25.5 Å². The summed E-state index contributed by atoms with van der Waals surface area (Å²) in [4.78, 5) is 18.6. The highest BCUT2D eigenvalue weighted by atomic mass is 16.4. The van der Waals surface area contributed by atoms with Gasteiger partial charge in [0.25, 0.3) is 0 Å². The lowest BCUT2D eigenvalue weighted by molar-refractivity contribution is -0.135. The predicted octanol–water partition coefficient (Wildman–Crippen LogP) is -1.27. The molecule has 0 rings (SSSR count). The Morgan fingerprint density at radius 3 is 1.83 bits per heavy atom. The fourth-order valence-corrected chi connectivity index (χ4v) is 1.12. The van der Waals surface area contributed by atoms with Crippen molar-refractivity contribution in [1.82, 2.24) is 20.4 Å². The van der Waals surface area contributed by atoms with E-state index in [0.717, 1.165) is 26.2 Å². The van der Waals surface area contributed by atoms with Gasteiger partial charge in [-0.2, -0.15) is 0 Å². The molecule has 18 heavy (non-hydrogen) atoms. The maximum Gasteiger partial charge on any atom is 0.325 e. The zero-order valence-electron chi connectivity index (χ0n) is 11.7. The Morgan fingerprint density at radius 1 is 1.06 bits per heavy atom. The number of aliphatic imine (C=N–C) groups is 1. The molecule has 7 heteroatoms. The summed E-state index contributed by atoms with van der Waals surface area (Å²) in [7, 11) is 7.93. The summed E-state index contributed by atoms with van der Waals surface area (Å²) in [5, 5.41) is 14.8. The molecule has 0 aliphatic rings. The predicted molar refractivity (Wildman–Crippen MR) is 73.1 cm³/mol. The van der Waals surface area contributed by atoms with E-state index in [1.165, 1.54) is 0 Å². The van der Waals surface area contributed by atoms with Crippen molar-refractivity contribution in [1.29, 1.82) is 0 Å². The van der Waals surface area contributed by atoms with Crippen LogP contribution in [-0.2, 0) is 4.79 Å².